The van der Waals surface area contributed by atoms with E-state index in [1.807, 2.05) is 0 Å². The van der Waals surface area contributed by atoms with Gasteiger partial charge in [0.05, 0.1) is 6.10 Å². The van der Waals surface area contributed by atoms with Gasteiger partial charge >= 0.3 is 0 Å². The standard InChI is InChI=1S/C10H14F2N4O/c11-7-4-8(12)10(14-9(7)15-13)16-3-1-2-6(17)5-16/h4,6,17H,1-3,5,13H2,(H,14,15). The van der Waals surface area contributed by atoms with Gasteiger partial charge < -0.3 is 15.4 Å². The fraction of sp³-hybridized carbons (Fsp3) is 0.500. The zero-order valence-electron chi connectivity index (χ0n) is 9.16. The van der Waals surface area contributed by atoms with Gasteiger partial charge in [-0.2, -0.15) is 0 Å². The summed E-state index contributed by atoms with van der Waals surface area (Å²) in [4.78, 5) is 5.36. The number of halogens is 2. The van der Waals surface area contributed by atoms with Gasteiger partial charge in [0.2, 0.25) is 0 Å². The predicted molar refractivity (Wildman–Crippen MR) is 59.4 cm³/mol. The highest BCUT2D eigenvalue weighted by Gasteiger charge is 2.23. The number of β-amino-alcohol motifs (C(OH)–C–C–N with tert-alkyl or cyclic N) is 1. The Labute approximate surface area is 97.2 Å². The Bertz CT molecular complexity index is 416. The van der Waals surface area contributed by atoms with Crippen molar-refractivity contribution < 1.29 is 13.9 Å². The van der Waals surface area contributed by atoms with Gasteiger partial charge in [0.25, 0.3) is 0 Å². The third kappa shape index (κ3) is 2.45. The second-order valence-corrected chi connectivity index (χ2v) is 4.01. The first kappa shape index (κ1) is 12.0. The first-order valence-corrected chi connectivity index (χ1v) is 5.37. The smallest absolute Gasteiger partial charge is 0.178 e. The van der Waals surface area contributed by atoms with Crippen molar-refractivity contribution >= 4 is 11.6 Å². The molecule has 2 rings (SSSR count). The lowest BCUT2D eigenvalue weighted by Crippen LogP contribution is -2.39. The van der Waals surface area contributed by atoms with Gasteiger partial charge in [-0.3, -0.25) is 0 Å². The van der Waals surface area contributed by atoms with Gasteiger partial charge in [0, 0.05) is 19.2 Å². The SMILES string of the molecule is NNc1nc(N2CCCC(O)C2)c(F)cc1F. The summed E-state index contributed by atoms with van der Waals surface area (Å²) in [6.07, 6.45) is 0.913. The number of aliphatic hydroxyl groups excluding tert-OH is 1. The molecule has 1 aromatic heterocycles. The molecule has 0 aliphatic carbocycles. The molecule has 94 valence electrons. The van der Waals surface area contributed by atoms with Crippen molar-refractivity contribution in [2.45, 2.75) is 18.9 Å². The lowest BCUT2D eigenvalue weighted by Gasteiger charge is -2.31. The molecule has 0 amide bonds. The summed E-state index contributed by atoms with van der Waals surface area (Å²) in [6, 6.07) is 0.735. The lowest BCUT2D eigenvalue weighted by atomic mass is 10.1. The van der Waals surface area contributed by atoms with Crippen LogP contribution in [0.2, 0.25) is 0 Å². The van der Waals surface area contributed by atoms with Gasteiger partial charge in [-0.05, 0) is 12.8 Å². The number of nitrogens with one attached hydrogen (secondary N) is 1. The highest BCUT2D eigenvalue weighted by molar-refractivity contribution is 5.49. The molecule has 1 aromatic rings. The van der Waals surface area contributed by atoms with Gasteiger partial charge in [-0.1, -0.05) is 0 Å². The Morgan fingerprint density at radius 1 is 1.47 bits per heavy atom. The molecule has 0 spiro atoms. The van der Waals surface area contributed by atoms with Crippen LogP contribution in [0.5, 0.6) is 0 Å². The number of rotatable bonds is 2. The minimum Gasteiger partial charge on any atom is -0.391 e. The molecule has 0 aromatic carbocycles. The highest BCUT2D eigenvalue weighted by atomic mass is 19.1. The number of hydrazine groups is 1. The van der Waals surface area contributed by atoms with Gasteiger partial charge in [0.1, 0.15) is 0 Å². The van der Waals surface area contributed by atoms with Crippen molar-refractivity contribution in [2.24, 2.45) is 5.84 Å². The number of pyridine rings is 1. The first-order valence-electron chi connectivity index (χ1n) is 5.37. The molecule has 1 unspecified atom stereocenters. The summed E-state index contributed by atoms with van der Waals surface area (Å²) in [5, 5.41) is 9.51. The molecule has 1 fully saturated rings. The molecular formula is C10H14F2N4O. The fourth-order valence-corrected chi connectivity index (χ4v) is 1.93. The number of aliphatic hydroxyl groups is 1. The summed E-state index contributed by atoms with van der Waals surface area (Å²) in [6.45, 7) is 0.871. The monoisotopic (exact) mass is 244 g/mol. The molecule has 0 saturated carbocycles. The average molecular weight is 244 g/mol. The summed E-state index contributed by atoms with van der Waals surface area (Å²) >= 11 is 0. The molecule has 1 aliphatic rings. The van der Waals surface area contributed by atoms with E-state index in [0.29, 0.717) is 19.5 Å². The Balaban J connectivity index is 2.30. The topological polar surface area (TPSA) is 74.4 Å². The van der Waals surface area contributed by atoms with Crippen molar-refractivity contribution in [1.82, 2.24) is 4.98 Å². The third-order valence-electron chi connectivity index (χ3n) is 2.74. The Kier molecular flexibility index (Phi) is 3.39. The Hall–Kier alpha value is -1.47. The second-order valence-electron chi connectivity index (χ2n) is 4.01. The van der Waals surface area contributed by atoms with Crippen LogP contribution < -0.4 is 16.2 Å². The summed E-state index contributed by atoms with van der Waals surface area (Å²) in [5.41, 5.74) is 2.07. The van der Waals surface area contributed by atoms with Crippen molar-refractivity contribution in [2.75, 3.05) is 23.4 Å². The summed E-state index contributed by atoms with van der Waals surface area (Å²) in [5.74, 6) is 3.29. The Morgan fingerprint density at radius 3 is 2.88 bits per heavy atom. The van der Waals surface area contributed by atoms with Crippen LogP contribution >= 0.6 is 0 Å². The van der Waals surface area contributed by atoms with Crippen molar-refractivity contribution in [3.05, 3.63) is 17.7 Å². The summed E-state index contributed by atoms with van der Waals surface area (Å²) in [7, 11) is 0. The maximum atomic E-state index is 13.6. The minimum atomic E-state index is -0.841. The van der Waals surface area contributed by atoms with E-state index in [1.54, 1.807) is 4.90 Å². The number of nitrogen functional groups attached to an aromatic ring is 1. The molecule has 1 saturated heterocycles. The predicted octanol–water partition coefficient (Wildman–Crippen LogP) is 0.606. The van der Waals surface area contributed by atoms with Crippen molar-refractivity contribution in [3.63, 3.8) is 0 Å². The molecule has 5 nitrogen and oxygen atoms in total. The van der Waals surface area contributed by atoms with Crippen molar-refractivity contribution in [3.8, 4) is 0 Å². The van der Waals surface area contributed by atoms with Crippen LogP contribution in [0.4, 0.5) is 20.4 Å². The molecule has 0 radical (unpaired) electrons. The molecule has 0 bridgehead atoms. The maximum Gasteiger partial charge on any atom is 0.178 e. The minimum absolute atomic E-state index is 0.0121. The van der Waals surface area contributed by atoms with E-state index in [-0.39, 0.29) is 11.6 Å². The van der Waals surface area contributed by atoms with Gasteiger partial charge in [-0.25, -0.2) is 19.6 Å². The van der Waals surface area contributed by atoms with E-state index in [4.69, 9.17) is 5.84 Å². The van der Waals surface area contributed by atoms with E-state index in [2.05, 4.69) is 10.4 Å². The van der Waals surface area contributed by atoms with E-state index in [0.717, 1.165) is 12.5 Å². The molecule has 1 aliphatic heterocycles. The first-order chi connectivity index (χ1) is 8.11. The normalized spacial score (nSPS) is 20.5. The molecular weight excluding hydrogens is 230 g/mol. The van der Waals surface area contributed by atoms with Crippen LogP contribution in [0.15, 0.2) is 6.07 Å². The van der Waals surface area contributed by atoms with E-state index in [1.165, 1.54) is 0 Å². The van der Waals surface area contributed by atoms with Gasteiger partial charge in [0.15, 0.2) is 23.3 Å². The largest absolute Gasteiger partial charge is 0.391 e. The van der Waals surface area contributed by atoms with E-state index >= 15 is 0 Å². The fourth-order valence-electron chi connectivity index (χ4n) is 1.93. The van der Waals surface area contributed by atoms with Crippen LogP contribution in [-0.4, -0.2) is 29.3 Å². The van der Waals surface area contributed by atoms with Crippen molar-refractivity contribution in [1.29, 1.82) is 0 Å². The van der Waals surface area contributed by atoms with E-state index < -0.39 is 17.7 Å². The van der Waals surface area contributed by atoms with E-state index in [9.17, 15) is 13.9 Å². The zero-order chi connectivity index (χ0) is 12.4. The third-order valence-corrected chi connectivity index (χ3v) is 2.74. The summed E-state index contributed by atoms with van der Waals surface area (Å²) < 4.78 is 26.7. The molecule has 1 atom stereocenters. The number of hydrogen-bond donors (Lipinski definition) is 3. The zero-order valence-corrected chi connectivity index (χ0v) is 9.16. The molecule has 4 N–H and O–H groups in total. The maximum absolute atomic E-state index is 13.6. The molecule has 7 heteroatoms. The van der Waals surface area contributed by atoms with Crippen LogP contribution in [0.3, 0.4) is 0 Å². The number of aromatic nitrogens is 1. The van der Waals surface area contributed by atoms with Crippen LogP contribution in [0.25, 0.3) is 0 Å². The second kappa shape index (κ2) is 4.80. The lowest BCUT2D eigenvalue weighted by molar-refractivity contribution is 0.153. The molecule has 2 heterocycles. The quantitative estimate of drug-likeness (QED) is 0.525. The number of piperidine rings is 1. The van der Waals surface area contributed by atoms with Gasteiger partial charge in [-0.15, -0.1) is 0 Å². The van der Waals surface area contributed by atoms with Crippen LogP contribution in [0, 0.1) is 11.6 Å². The number of nitrogens with zero attached hydrogens (tertiary/aromatic N) is 2. The number of hydrogen-bond acceptors (Lipinski definition) is 5. The van der Waals surface area contributed by atoms with Crippen LogP contribution in [0.1, 0.15) is 12.8 Å². The number of nitrogens with two attached hydrogens (primary N) is 1. The Morgan fingerprint density at radius 2 is 2.24 bits per heavy atom. The highest BCUT2D eigenvalue weighted by Crippen LogP contribution is 2.24. The number of anilines is 2. The van der Waals surface area contributed by atoms with Crippen LogP contribution in [-0.2, 0) is 0 Å². The molecule has 17 heavy (non-hydrogen) atoms. The average Bonchev–Trinajstić information content (AvgIpc) is 2.29.